The van der Waals surface area contributed by atoms with Crippen molar-refractivity contribution in [2.24, 2.45) is 0 Å². The molecule has 0 unspecified atom stereocenters. The first-order valence-electron chi connectivity index (χ1n) is 6.64. The van der Waals surface area contributed by atoms with Crippen LogP contribution in [0.1, 0.15) is 23.7 Å². The average Bonchev–Trinajstić information content (AvgIpc) is 2.97. The SMILES string of the molecule is CCOC(=O)c1cccnc1NCCCn1cccn1. The van der Waals surface area contributed by atoms with Gasteiger partial charge in [0.15, 0.2) is 0 Å². The minimum atomic E-state index is -0.352. The molecule has 2 heterocycles. The Balaban J connectivity index is 1.87. The fraction of sp³-hybridized carbons (Fsp3) is 0.357. The number of aryl methyl sites for hydroxylation is 1. The van der Waals surface area contributed by atoms with E-state index in [1.807, 2.05) is 16.9 Å². The maximum atomic E-state index is 11.8. The van der Waals surface area contributed by atoms with Gasteiger partial charge in [0.05, 0.1) is 6.61 Å². The molecular weight excluding hydrogens is 256 g/mol. The van der Waals surface area contributed by atoms with E-state index in [9.17, 15) is 4.79 Å². The summed E-state index contributed by atoms with van der Waals surface area (Å²) in [6.07, 6.45) is 6.22. The molecule has 0 aliphatic rings. The van der Waals surface area contributed by atoms with Gasteiger partial charge < -0.3 is 10.1 Å². The van der Waals surface area contributed by atoms with Gasteiger partial charge in [0.25, 0.3) is 0 Å². The molecule has 0 saturated heterocycles. The van der Waals surface area contributed by atoms with Gasteiger partial charge in [-0.1, -0.05) is 0 Å². The number of carbonyl (C=O) groups excluding carboxylic acids is 1. The first kappa shape index (κ1) is 14.0. The van der Waals surface area contributed by atoms with Gasteiger partial charge in [-0.05, 0) is 31.5 Å². The largest absolute Gasteiger partial charge is 0.462 e. The smallest absolute Gasteiger partial charge is 0.341 e. The zero-order valence-electron chi connectivity index (χ0n) is 11.5. The Hall–Kier alpha value is -2.37. The Labute approximate surface area is 117 Å². The Bertz CT molecular complexity index is 540. The third-order valence-corrected chi connectivity index (χ3v) is 2.72. The van der Waals surface area contributed by atoms with Crippen LogP contribution in [-0.4, -0.2) is 33.9 Å². The molecule has 6 nitrogen and oxygen atoms in total. The number of ether oxygens (including phenoxy) is 1. The highest BCUT2D eigenvalue weighted by atomic mass is 16.5. The van der Waals surface area contributed by atoms with E-state index >= 15 is 0 Å². The molecule has 2 rings (SSSR count). The molecule has 0 bridgehead atoms. The van der Waals surface area contributed by atoms with Crippen LogP contribution in [0.25, 0.3) is 0 Å². The number of aromatic nitrogens is 3. The maximum Gasteiger partial charge on any atom is 0.341 e. The van der Waals surface area contributed by atoms with Gasteiger partial charge in [0, 0.05) is 31.7 Å². The number of nitrogens with one attached hydrogen (secondary N) is 1. The van der Waals surface area contributed by atoms with Crippen molar-refractivity contribution in [1.82, 2.24) is 14.8 Å². The van der Waals surface area contributed by atoms with E-state index in [4.69, 9.17) is 4.74 Å². The monoisotopic (exact) mass is 274 g/mol. The van der Waals surface area contributed by atoms with Crippen molar-refractivity contribution >= 4 is 11.8 Å². The molecule has 0 spiro atoms. The average molecular weight is 274 g/mol. The van der Waals surface area contributed by atoms with E-state index in [-0.39, 0.29) is 5.97 Å². The molecule has 0 fully saturated rings. The summed E-state index contributed by atoms with van der Waals surface area (Å²) in [5.74, 6) is 0.210. The summed E-state index contributed by atoms with van der Waals surface area (Å²) in [7, 11) is 0. The summed E-state index contributed by atoms with van der Waals surface area (Å²) < 4.78 is 6.87. The molecule has 0 aromatic carbocycles. The second-order valence-electron chi connectivity index (χ2n) is 4.17. The minimum Gasteiger partial charge on any atom is -0.462 e. The molecule has 0 aliphatic heterocycles. The van der Waals surface area contributed by atoms with E-state index in [1.165, 1.54) is 0 Å². The number of pyridine rings is 1. The third kappa shape index (κ3) is 3.81. The molecule has 106 valence electrons. The molecule has 20 heavy (non-hydrogen) atoms. The molecule has 2 aromatic rings. The first-order chi connectivity index (χ1) is 9.81. The van der Waals surface area contributed by atoms with Crippen LogP contribution in [0.5, 0.6) is 0 Å². The quantitative estimate of drug-likeness (QED) is 0.617. The molecule has 0 atom stereocenters. The molecule has 0 radical (unpaired) electrons. The molecule has 0 amide bonds. The Morgan fingerprint density at radius 1 is 1.40 bits per heavy atom. The summed E-state index contributed by atoms with van der Waals surface area (Å²) in [5.41, 5.74) is 0.466. The zero-order valence-corrected chi connectivity index (χ0v) is 11.5. The summed E-state index contributed by atoms with van der Waals surface area (Å²) in [5, 5.41) is 7.29. The van der Waals surface area contributed by atoms with Crippen LogP contribution in [0.3, 0.4) is 0 Å². The lowest BCUT2D eigenvalue weighted by atomic mass is 10.2. The van der Waals surface area contributed by atoms with Crippen molar-refractivity contribution in [3.05, 3.63) is 42.4 Å². The highest BCUT2D eigenvalue weighted by molar-refractivity contribution is 5.94. The molecule has 0 aliphatic carbocycles. The van der Waals surface area contributed by atoms with Gasteiger partial charge >= 0.3 is 5.97 Å². The van der Waals surface area contributed by atoms with E-state index in [1.54, 1.807) is 31.5 Å². The first-order valence-corrected chi connectivity index (χ1v) is 6.64. The lowest BCUT2D eigenvalue weighted by molar-refractivity contribution is 0.0527. The molecule has 1 N–H and O–H groups in total. The number of hydrogen-bond donors (Lipinski definition) is 1. The van der Waals surface area contributed by atoms with Gasteiger partial charge in [-0.15, -0.1) is 0 Å². The fourth-order valence-electron chi connectivity index (χ4n) is 1.80. The third-order valence-electron chi connectivity index (χ3n) is 2.72. The fourth-order valence-corrected chi connectivity index (χ4v) is 1.80. The van der Waals surface area contributed by atoms with E-state index < -0.39 is 0 Å². The molecular formula is C14H18N4O2. The van der Waals surface area contributed by atoms with Crippen LogP contribution < -0.4 is 5.32 Å². The van der Waals surface area contributed by atoms with Crippen molar-refractivity contribution in [2.45, 2.75) is 19.9 Å². The van der Waals surface area contributed by atoms with Crippen LogP contribution >= 0.6 is 0 Å². The van der Waals surface area contributed by atoms with Gasteiger partial charge in [-0.25, -0.2) is 9.78 Å². The molecule has 2 aromatic heterocycles. The number of hydrogen-bond acceptors (Lipinski definition) is 5. The van der Waals surface area contributed by atoms with Crippen LogP contribution in [0.4, 0.5) is 5.82 Å². The second kappa shape index (κ2) is 7.28. The van der Waals surface area contributed by atoms with Crippen LogP contribution in [0.2, 0.25) is 0 Å². The lowest BCUT2D eigenvalue weighted by Gasteiger charge is -2.10. The predicted octanol–water partition coefficient (Wildman–Crippen LogP) is 1.96. The minimum absolute atomic E-state index is 0.352. The summed E-state index contributed by atoms with van der Waals surface area (Å²) >= 11 is 0. The van der Waals surface area contributed by atoms with Crippen molar-refractivity contribution in [2.75, 3.05) is 18.5 Å². The topological polar surface area (TPSA) is 69.0 Å². The lowest BCUT2D eigenvalue weighted by Crippen LogP contribution is -2.13. The van der Waals surface area contributed by atoms with Crippen molar-refractivity contribution in [3.63, 3.8) is 0 Å². The van der Waals surface area contributed by atoms with E-state index in [0.29, 0.717) is 24.5 Å². The predicted molar refractivity (Wildman–Crippen MR) is 75.5 cm³/mol. The number of anilines is 1. The maximum absolute atomic E-state index is 11.8. The standard InChI is InChI=1S/C14H18N4O2/c1-2-20-14(19)12-6-3-7-15-13(12)16-8-4-10-18-11-5-9-17-18/h3,5-7,9,11H,2,4,8,10H2,1H3,(H,15,16). The van der Waals surface area contributed by atoms with Crippen LogP contribution in [0, 0.1) is 0 Å². The molecule has 0 saturated carbocycles. The van der Waals surface area contributed by atoms with Crippen LogP contribution in [-0.2, 0) is 11.3 Å². The Morgan fingerprint density at radius 2 is 2.30 bits per heavy atom. The number of carbonyl (C=O) groups is 1. The van der Waals surface area contributed by atoms with Crippen LogP contribution in [0.15, 0.2) is 36.8 Å². The second-order valence-corrected chi connectivity index (χ2v) is 4.17. The van der Waals surface area contributed by atoms with Gasteiger partial charge in [-0.3, -0.25) is 4.68 Å². The summed E-state index contributed by atoms with van der Waals surface area (Å²) in [6, 6.07) is 5.33. The van der Waals surface area contributed by atoms with Gasteiger partial charge in [0.1, 0.15) is 11.4 Å². The van der Waals surface area contributed by atoms with Crippen molar-refractivity contribution in [1.29, 1.82) is 0 Å². The summed E-state index contributed by atoms with van der Waals surface area (Å²) in [4.78, 5) is 16.0. The Kier molecular flexibility index (Phi) is 5.11. The zero-order chi connectivity index (χ0) is 14.2. The van der Waals surface area contributed by atoms with Crippen molar-refractivity contribution in [3.8, 4) is 0 Å². The van der Waals surface area contributed by atoms with E-state index in [2.05, 4.69) is 15.4 Å². The summed E-state index contributed by atoms with van der Waals surface area (Å²) in [6.45, 7) is 3.67. The Morgan fingerprint density at radius 3 is 3.05 bits per heavy atom. The molecule has 6 heteroatoms. The highest BCUT2D eigenvalue weighted by Gasteiger charge is 2.12. The van der Waals surface area contributed by atoms with Gasteiger partial charge in [-0.2, -0.15) is 5.10 Å². The number of rotatable bonds is 7. The van der Waals surface area contributed by atoms with Gasteiger partial charge in [0.2, 0.25) is 0 Å². The normalized spacial score (nSPS) is 10.2. The number of nitrogens with zero attached hydrogens (tertiary/aromatic N) is 3. The number of esters is 1. The highest BCUT2D eigenvalue weighted by Crippen LogP contribution is 2.12. The van der Waals surface area contributed by atoms with E-state index in [0.717, 1.165) is 13.0 Å². The van der Waals surface area contributed by atoms with Crippen molar-refractivity contribution < 1.29 is 9.53 Å².